The van der Waals surface area contributed by atoms with Gasteiger partial charge in [-0.1, -0.05) is 24.8 Å². The number of hydrogen-bond donors (Lipinski definition) is 0. The van der Waals surface area contributed by atoms with Crippen LogP contribution in [0.3, 0.4) is 0 Å². The standard InChI is InChI=1S/C19H24NO/c1-4-18-15-17(10-11-19(18)21-16(2)3)9-8-14-20-12-6-5-7-13-20/h4-7,10-13,15-16H,1,8-9,14H2,2-3H3/q+1. The fourth-order valence-electron chi connectivity index (χ4n) is 2.32. The van der Waals surface area contributed by atoms with E-state index in [4.69, 9.17) is 4.74 Å². The molecule has 0 N–H and O–H groups in total. The molecule has 1 aromatic carbocycles. The van der Waals surface area contributed by atoms with Gasteiger partial charge in [0.25, 0.3) is 0 Å². The molecule has 2 rings (SSSR count). The van der Waals surface area contributed by atoms with Crippen molar-refractivity contribution in [2.45, 2.75) is 39.3 Å². The molecule has 0 fully saturated rings. The van der Waals surface area contributed by atoms with Crippen LogP contribution in [0, 0.1) is 0 Å². The first kappa shape index (κ1) is 15.3. The van der Waals surface area contributed by atoms with E-state index in [9.17, 15) is 0 Å². The minimum Gasteiger partial charge on any atom is -0.490 e. The van der Waals surface area contributed by atoms with Gasteiger partial charge >= 0.3 is 0 Å². The van der Waals surface area contributed by atoms with Crippen molar-refractivity contribution in [2.75, 3.05) is 0 Å². The van der Waals surface area contributed by atoms with Crippen molar-refractivity contribution in [3.63, 3.8) is 0 Å². The predicted octanol–water partition coefficient (Wildman–Crippen LogP) is 4.04. The highest BCUT2D eigenvalue weighted by Gasteiger charge is 2.05. The zero-order valence-corrected chi connectivity index (χ0v) is 13.0. The van der Waals surface area contributed by atoms with E-state index in [1.807, 2.05) is 26.0 Å². The third-order valence-corrected chi connectivity index (χ3v) is 3.32. The van der Waals surface area contributed by atoms with Crippen LogP contribution in [0.1, 0.15) is 31.4 Å². The molecule has 0 spiro atoms. The highest BCUT2D eigenvalue weighted by Crippen LogP contribution is 2.23. The van der Waals surface area contributed by atoms with E-state index in [-0.39, 0.29) is 6.10 Å². The maximum atomic E-state index is 5.79. The van der Waals surface area contributed by atoms with Crippen molar-refractivity contribution in [3.05, 3.63) is 66.5 Å². The summed E-state index contributed by atoms with van der Waals surface area (Å²) < 4.78 is 8.00. The summed E-state index contributed by atoms with van der Waals surface area (Å²) in [5, 5.41) is 0. The van der Waals surface area contributed by atoms with Gasteiger partial charge in [0.1, 0.15) is 12.3 Å². The number of ether oxygens (including phenoxy) is 1. The summed E-state index contributed by atoms with van der Waals surface area (Å²) in [6, 6.07) is 12.6. The smallest absolute Gasteiger partial charge is 0.168 e. The van der Waals surface area contributed by atoms with Crippen LogP contribution in [0.2, 0.25) is 0 Å². The minimum atomic E-state index is 0.184. The molecule has 2 heteroatoms. The molecule has 1 aromatic heterocycles. The first-order chi connectivity index (χ1) is 10.2. The van der Waals surface area contributed by atoms with E-state index in [0.29, 0.717) is 0 Å². The Bertz CT molecular complexity index is 575. The zero-order valence-electron chi connectivity index (χ0n) is 13.0. The summed E-state index contributed by atoms with van der Waals surface area (Å²) in [5.41, 5.74) is 2.41. The maximum absolute atomic E-state index is 5.79. The van der Waals surface area contributed by atoms with Gasteiger partial charge in [0.2, 0.25) is 0 Å². The molecule has 0 aliphatic heterocycles. The van der Waals surface area contributed by atoms with Gasteiger partial charge < -0.3 is 4.74 Å². The highest BCUT2D eigenvalue weighted by atomic mass is 16.5. The Balaban J connectivity index is 1.96. The minimum absolute atomic E-state index is 0.184. The van der Waals surface area contributed by atoms with E-state index in [1.165, 1.54) is 5.56 Å². The molecule has 0 saturated carbocycles. The van der Waals surface area contributed by atoms with Crippen molar-refractivity contribution >= 4 is 6.08 Å². The molecule has 1 heterocycles. The number of aryl methyl sites for hydroxylation is 2. The largest absolute Gasteiger partial charge is 0.490 e. The average Bonchev–Trinajstić information content (AvgIpc) is 2.49. The number of pyridine rings is 1. The maximum Gasteiger partial charge on any atom is 0.168 e. The second-order valence-electron chi connectivity index (χ2n) is 5.46. The first-order valence-electron chi connectivity index (χ1n) is 7.55. The van der Waals surface area contributed by atoms with Gasteiger partial charge in [-0.25, -0.2) is 4.57 Å². The normalized spacial score (nSPS) is 10.6. The van der Waals surface area contributed by atoms with Crippen molar-refractivity contribution in [2.24, 2.45) is 0 Å². The Hall–Kier alpha value is -2.09. The van der Waals surface area contributed by atoms with E-state index < -0.39 is 0 Å². The van der Waals surface area contributed by atoms with Crippen molar-refractivity contribution in [3.8, 4) is 5.75 Å². The number of hydrogen-bond acceptors (Lipinski definition) is 1. The molecule has 0 unspecified atom stereocenters. The Morgan fingerprint density at radius 1 is 1.19 bits per heavy atom. The number of aromatic nitrogens is 1. The van der Waals surface area contributed by atoms with Crippen molar-refractivity contribution < 1.29 is 9.30 Å². The molecule has 0 radical (unpaired) electrons. The number of benzene rings is 1. The second-order valence-corrected chi connectivity index (χ2v) is 5.46. The SMILES string of the molecule is C=Cc1cc(CCC[n+]2ccccc2)ccc1OC(C)C. The Kier molecular flexibility index (Phi) is 5.56. The van der Waals surface area contributed by atoms with E-state index in [1.54, 1.807) is 0 Å². The summed E-state index contributed by atoms with van der Waals surface area (Å²) in [7, 11) is 0. The fraction of sp³-hybridized carbons (Fsp3) is 0.316. The van der Waals surface area contributed by atoms with Gasteiger partial charge in [-0.15, -0.1) is 0 Å². The average molecular weight is 282 g/mol. The van der Waals surface area contributed by atoms with Crippen molar-refractivity contribution in [1.82, 2.24) is 0 Å². The quantitative estimate of drug-likeness (QED) is 0.699. The number of nitrogens with zero attached hydrogens (tertiary/aromatic N) is 1. The van der Waals surface area contributed by atoms with Crippen LogP contribution in [0.5, 0.6) is 5.75 Å². The molecular weight excluding hydrogens is 258 g/mol. The van der Waals surface area contributed by atoms with Crippen LogP contribution in [0.4, 0.5) is 0 Å². The molecule has 0 aliphatic carbocycles. The summed E-state index contributed by atoms with van der Waals surface area (Å²) in [6.07, 6.45) is 8.45. The first-order valence-corrected chi connectivity index (χ1v) is 7.55. The molecule has 2 nitrogen and oxygen atoms in total. The lowest BCUT2D eigenvalue weighted by atomic mass is 10.1. The van der Waals surface area contributed by atoms with Crippen LogP contribution in [0.15, 0.2) is 55.4 Å². The Morgan fingerprint density at radius 3 is 2.62 bits per heavy atom. The fourth-order valence-corrected chi connectivity index (χ4v) is 2.32. The Morgan fingerprint density at radius 2 is 1.95 bits per heavy atom. The van der Waals surface area contributed by atoms with E-state index >= 15 is 0 Å². The predicted molar refractivity (Wildman–Crippen MR) is 87.3 cm³/mol. The molecule has 0 aliphatic rings. The molecule has 0 atom stereocenters. The van der Waals surface area contributed by atoms with Gasteiger partial charge in [-0.05, 0) is 38.0 Å². The molecule has 0 amide bonds. The summed E-state index contributed by atoms with van der Waals surface area (Å²) >= 11 is 0. The summed E-state index contributed by atoms with van der Waals surface area (Å²) in [4.78, 5) is 0. The van der Waals surface area contributed by atoms with Crippen LogP contribution < -0.4 is 9.30 Å². The van der Waals surface area contributed by atoms with Gasteiger partial charge in [-0.3, -0.25) is 0 Å². The summed E-state index contributed by atoms with van der Waals surface area (Å²) in [6.45, 7) is 9.00. The van der Waals surface area contributed by atoms with Crippen LogP contribution in [-0.4, -0.2) is 6.10 Å². The molecular formula is C19H24NO+. The topological polar surface area (TPSA) is 13.1 Å². The monoisotopic (exact) mass is 282 g/mol. The summed E-state index contributed by atoms with van der Waals surface area (Å²) in [5.74, 6) is 0.918. The molecule has 0 saturated heterocycles. The van der Waals surface area contributed by atoms with Crippen LogP contribution in [0.25, 0.3) is 6.08 Å². The van der Waals surface area contributed by atoms with Crippen molar-refractivity contribution in [1.29, 1.82) is 0 Å². The molecule has 0 bridgehead atoms. The lowest BCUT2D eigenvalue weighted by Crippen LogP contribution is -2.32. The number of rotatable bonds is 7. The lowest BCUT2D eigenvalue weighted by Gasteiger charge is -2.13. The second kappa shape index (κ2) is 7.63. The van der Waals surface area contributed by atoms with Crippen LogP contribution in [-0.2, 0) is 13.0 Å². The highest BCUT2D eigenvalue weighted by molar-refractivity contribution is 5.57. The van der Waals surface area contributed by atoms with E-state index in [0.717, 1.165) is 30.7 Å². The molecule has 2 aromatic rings. The van der Waals surface area contributed by atoms with E-state index in [2.05, 4.69) is 53.9 Å². The third kappa shape index (κ3) is 4.75. The zero-order chi connectivity index (χ0) is 15.1. The van der Waals surface area contributed by atoms with Gasteiger partial charge in [0.15, 0.2) is 12.4 Å². The lowest BCUT2D eigenvalue weighted by molar-refractivity contribution is -0.697. The van der Waals surface area contributed by atoms with Gasteiger partial charge in [0.05, 0.1) is 6.10 Å². The third-order valence-electron chi connectivity index (χ3n) is 3.32. The Labute approximate surface area is 127 Å². The molecule has 21 heavy (non-hydrogen) atoms. The van der Waals surface area contributed by atoms with Gasteiger partial charge in [0, 0.05) is 24.1 Å². The van der Waals surface area contributed by atoms with Gasteiger partial charge in [-0.2, -0.15) is 0 Å². The van der Waals surface area contributed by atoms with Crippen LogP contribution >= 0.6 is 0 Å². The molecule has 110 valence electrons.